The standard InChI is InChI=1S/C22H16N4O2S2/c1-29-22-23-19-18(24-25-22)16-9-5-6-10-17(16)26(20(27)14-7-3-2-4-8-14)21(28-19)15-11-12-30-13-15/h2-13,21H,1H3/t21-/m0/s1. The lowest BCUT2D eigenvalue weighted by Crippen LogP contribution is -2.37. The molecule has 4 aromatic rings. The molecule has 0 saturated carbocycles. The molecular weight excluding hydrogens is 416 g/mol. The van der Waals surface area contributed by atoms with Crippen molar-refractivity contribution in [2.24, 2.45) is 0 Å². The fourth-order valence-corrected chi connectivity index (χ4v) is 4.34. The van der Waals surface area contributed by atoms with Crippen molar-refractivity contribution in [2.45, 2.75) is 11.4 Å². The van der Waals surface area contributed by atoms with Crippen molar-refractivity contribution in [1.82, 2.24) is 15.2 Å². The first kappa shape index (κ1) is 18.8. The quantitative estimate of drug-likeness (QED) is 0.422. The zero-order valence-electron chi connectivity index (χ0n) is 15.9. The van der Waals surface area contributed by atoms with E-state index in [0.717, 1.165) is 11.1 Å². The minimum atomic E-state index is -0.683. The van der Waals surface area contributed by atoms with E-state index in [-0.39, 0.29) is 5.91 Å². The van der Waals surface area contributed by atoms with Crippen LogP contribution in [0.4, 0.5) is 5.69 Å². The van der Waals surface area contributed by atoms with Gasteiger partial charge in [0.25, 0.3) is 5.91 Å². The minimum Gasteiger partial charge on any atom is -0.447 e. The van der Waals surface area contributed by atoms with E-state index in [1.807, 2.05) is 65.5 Å². The Morgan fingerprint density at radius 1 is 1.07 bits per heavy atom. The Bertz CT molecular complexity index is 1200. The average molecular weight is 433 g/mol. The molecule has 0 bridgehead atoms. The summed E-state index contributed by atoms with van der Waals surface area (Å²) in [5, 5.41) is 13.0. The molecular formula is C22H16N4O2S2. The lowest BCUT2D eigenvalue weighted by molar-refractivity contribution is 0.0910. The van der Waals surface area contributed by atoms with Gasteiger partial charge in [0.15, 0.2) is 5.69 Å². The molecule has 1 amide bonds. The molecule has 0 aliphatic carbocycles. The summed E-state index contributed by atoms with van der Waals surface area (Å²) in [5.74, 6) is 0.200. The largest absolute Gasteiger partial charge is 0.447 e. The number of rotatable bonds is 3. The maximum Gasteiger partial charge on any atom is 0.261 e. The lowest BCUT2D eigenvalue weighted by atomic mass is 10.1. The first-order valence-corrected chi connectivity index (χ1v) is 11.4. The molecule has 6 nitrogen and oxygen atoms in total. The van der Waals surface area contributed by atoms with Gasteiger partial charge in [-0.1, -0.05) is 48.2 Å². The van der Waals surface area contributed by atoms with E-state index in [4.69, 9.17) is 4.74 Å². The Morgan fingerprint density at radius 3 is 2.63 bits per heavy atom. The number of amides is 1. The van der Waals surface area contributed by atoms with Crippen molar-refractivity contribution >= 4 is 34.7 Å². The Morgan fingerprint density at radius 2 is 1.87 bits per heavy atom. The maximum atomic E-state index is 13.7. The number of ether oxygens (including phenoxy) is 1. The van der Waals surface area contributed by atoms with Gasteiger partial charge in [0.2, 0.25) is 17.3 Å². The van der Waals surface area contributed by atoms with Crippen molar-refractivity contribution in [2.75, 3.05) is 11.2 Å². The molecule has 0 radical (unpaired) electrons. The van der Waals surface area contributed by atoms with E-state index in [1.165, 1.54) is 11.8 Å². The number of thioether (sulfide) groups is 1. The fraction of sp³-hybridized carbons (Fsp3) is 0.0909. The van der Waals surface area contributed by atoms with Crippen LogP contribution < -0.4 is 9.64 Å². The maximum absolute atomic E-state index is 13.7. The van der Waals surface area contributed by atoms with Gasteiger partial charge in [0.1, 0.15) is 0 Å². The van der Waals surface area contributed by atoms with E-state index in [9.17, 15) is 4.79 Å². The molecule has 30 heavy (non-hydrogen) atoms. The number of hydrogen-bond donors (Lipinski definition) is 0. The molecule has 0 unspecified atom stereocenters. The van der Waals surface area contributed by atoms with E-state index < -0.39 is 6.23 Å². The van der Waals surface area contributed by atoms with Crippen LogP contribution in [-0.4, -0.2) is 27.3 Å². The van der Waals surface area contributed by atoms with Crippen LogP contribution in [0.5, 0.6) is 5.88 Å². The molecule has 1 aliphatic heterocycles. The third-order valence-corrected chi connectivity index (χ3v) is 6.00. The summed E-state index contributed by atoms with van der Waals surface area (Å²) in [4.78, 5) is 19.9. The molecule has 0 spiro atoms. The summed E-state index contributed by atoms with van der Waals surface area (Å²) in [7, 11) is 0. The van der Waals surface area contributed by atoms with E-state index in [0.29, 0.717) is 28.0 Å². The SMILES string of the molecule is CSc1nnc2c(n1)O[C@@H](c1ccsc1)N(C(=O)c1ccccc1)c1ccccc1-2. The zero-order chi connectivity index (χ0) is 20.5. The third kappa shape index (κ3) is 3.24. The Kier molecular flexibility index (Phi) is 4.94. The van der Waals surface area contributed by atoms with E-state index in [1.54, 1.807) is 28.4 Å². The topological polar surface area (TPSA) is 68.2 Å². The average Bonchev–Trinajstić information content (AvgIpc) is 3.29. The number of aromatic nitrogens is 3. The van der Waals surface area contributed by atoms with Gasteiger partial charge in [0, 0.05) is 16.7 Å². The molecule has 2 aromatic carbocycles. The highest BCUT2D eigenvalue weighted by Gasteiger charge is 2.36. The highest BCUT2D eigenvalue weighted by molar-refractivity contribution is 7.98. The van der Waals surface area contributed by atoms with Gasteiger partial charge in [-0.15, -0.1) is 10.2 Å². The number of fused-ring (bicyclic) bond motifs is 3. The fourth-order valence-electron chi connectivity index (χ4n) is 3.37. The number of nitrogens with zero attached hydrogens (tertiary/aromatic N) is 4. The summed E-state index contributed by atoms with van der Waals surface area (Å²) < 4.78 is 6.37. The van der Waals surface area contributed by atoms with Gasteiger partial charge >= 0.3 is 0 Å². The zero-order valence-corrected chi connectivity index (χ0v) is 17.6. The minimum absolute atomic E-state index is 0.162. The smallest absolute Gasteiger partial charge is 0.261 e. The second kappa shape index (κ2) is 7.89. The highest BCUT2D eigenvalue weighted by atomic mass is 32.2. The van der Waals surface area contributed by atoms with Crippen LogP contribution in [0.15, 0.2) is 76.6 Å². The molecule has 148 valence electrons. The Hall–Kier alpha value is -3.23. The highest BCUT2D eigenvalue weighted by Crippen LogP contribution is 2.44. The summed E-state index contributed by atoms with van der Waals surface area (Å²) in [6, 6.07) is 18.8. The molecule has 8 heteroatoms. The lowest BCUT2D eigenvalue weighted by Gasteiger charge is -2.30. The van der Waals surface area contributed by atoms with Crippen LogP contribution in [0.3, 0.4) is 0 Å². The summed E-state index contributed by atoms with van der Waals surface area (Å²) in [6.45, 7) is 0. The van der Waals surface area contributed by atoms with Crippen LogP contribution in [0, 0.1) is 0 Å². The summed E-state index contributed by atoms with van der Waals surface area (Å²) in [6.07, 6.45) is 1.20. The predicted molar refractivity (Wildman–Crippen MR) is 118 cm³/mol. The van der Waals surface area contributed by atoms with Crippen LogP contribution in [0.25, 0.3) is 11.3 Å². The first-order chi connectivity index (χ1) is 14.8. The molecule has 2 aromatic heterocycles. The van der Waals surface area contributed by atoms with Crippen molar-refractivity contribution in [3.63, 3.8) is 0 Å². The molecule has 0 saturated heterocycles. The summed E-state index contributed by atoms with van der Waals surface area (Å²) >= 11 is 2.94. The number of para-hydroxylation sites is 1. The van der Waals surface area contributed by atoms with Crippen LogP contribution in [0.1, 0.15) is 22.1 Å². The van der Waals surface area contributed by atoms with Crippen molar-refractivity contribution in [1.29, 1.82) is 0 Å². The molecule has 1 atom stereocenters. The van der Waals surface area contributed by atoms with Crippen LogP contribution >= 0.6 is 23.1 Å². The first-order valence-electron chi connectivity index (χ1n) is 9.21. The molecule has 1 aliphatic rings. The predicted octanol–water partition coefficient (Wildman–Crippen LogP) is 5.06. The second-order valence-electron chi connectivity index (χ2n) is 6.54. The van der Waals surface area contributed by atoms with Crippen molar-refractivity contribution in [3.05, 3.63) is 82.6 Å². The van der Waals surface area contributed by atoms with Crippen LogP contribution in [-0.2, 0) is 0 Å². The van der Waals surface area contributed by atoms with E-state index >= 15 is 0 Å². The molecule has 3 heterocycles. The van der Waals surface area contributed by atoms with Gasteiger partial charge in [-0.25, -0.2) is 0 Å². The van der Waals surface area contributed by atoms with Gasteiger partial charge in [-0.3, -0.25) is 9.69 Å². The van der Waals surface area contributed by atoms with Crippen LogP contribution in [0.2, 0.25) is 0 Å². The van der Waals surface area contributed by atoms with Crippen molar-refractivity contribution in [3.8, 4) is 17.1 Å². The number of carbonyl (C=O) groups is 1. The van der Waals surface area contributed by atoms with Gasteiger partial charge in [0.05, 0.1) is 5.69 Å². The van der Waals surface area contributed by atoms with Crippen molar-refractivity contribution < 1.29 is 9.53 Å². The summed E-state index contributed by atoms with van der Waals surface area (Å²) in [5.41, 5.74) is 3.42. The number of thiophene rings is 1. The van der Waals surface area contributed by atoms with Gasteiger partial charge < -0.3 is 4.74 Å². The second-order valence-corrected chi connectivity index (χ2v) is 8.09. The number of benzene rings is 2. The number of carbonyl (C=O) groups excluding carboxylic acids is 1. The van der Waals surface area contributed by atoms with E-state index in [2.05, 4.69) is 15.2 Å². The Balaban J connectivity index is 1.75. The number of hydrogen-bond acceptors (Lipinski definition) is 7. The Labute approximate surface area is 181 Å². The third-order valence-electron chi connectivity index (χ3n) is 4.76. The van der Waals surface area contributed by atoms with Gasteiger partial charge in [-0.2, -0.15) is 16.3 Å². The normalized spacial score (nSPS) is 15.0. The van der Waals surface area contributed by atoms with Gasteiger partial charge in [-0.05, 0) is 41.3 Å². The molecule has 0 fully saturated rings. The number of anilines is 1. The monoisotopic (exact) mass is 432 g/mol. The molecule has 0 N–H and O–H groups in total. The molecule has 5 rings (SSSR count).